The molecule has 0 aliphatic carbocycles. The van der Waals surface area contributed by atoms with E-state index in [1.807, 2.05) is 0 Å². The first-order valence-electron chi connectivity index (χ1n) is 5.94. The summed E-state index contributed by atoms with van der Waals surface area (Å²) in [6.07, 6.45) is 2.16. The summed E-state index contributed by atoms with van der Waals surface area (Å²) in [5.74, 6) is 0.0255. The number of rotatable bonds is 6. The molecule has 1 aliphatic rings. The number of carbonyl (C=O) groups is 1. The summed E-state index contributed by atoms with van der Waals surface area (Å²) in [4.78, 5) is 11.5. The van der Waals surface area contributed by atoms with Crippen LogP contribution in [0, 0.1) is 0 Å². The van der Waals surface area contributed by atoms with Crippen LogP contribution >= 0.6 is 0 Å². The predicted octanol–water partition coefficient (Wildman–Crippen LogP) is -0.358. The molecule has 1 rings (SSSR count). The lowest BCUT2D eigenvalue weighted by molar-refractivity contribution is -0.121. The molecule has 0 saturated carbocycles. The normalized spacial score (nSPS) is 19.4. The van der Waals surface area contributed by atoms with Crippen molar-refractivity contribution in [1.82, 2.24) is 10.6 Å². The van der Waals surface area contributed by atoms with Crippen molar-refractivity contribution in [3.05, 3.63) is 0 Å². The van der Waals surface area contributed by atoms with Gasteiger partial charge in [0, 0.05) is 19.3 Å². The third-order valence-electron chi connectivity index (χ3n) is 2.61. The number of carbonyl (C=O) groups excluding carboxylic acids is 1. The molecule has 0 aromatic heterocycles. The Kier molecular flexibility index (Phi) is 6.37. The van der Waals surface area contributed by atoms with E-state index < -0.39 is 0 Å². The zero-order valence-corrected chi connectivity index (χ0v) is 9.87. The summed E-state index contributed by atoms with van der Waals surface area (Å²) in [5.41, 5.74) is 0. The number of ether oxygens (including phenoxy) is 1. The van der Waals surface area contributed by atoms with Gasteiger partial charge in [-0.25, -0.2) is 0 Å². The quantitative estimate of drug-likeness (QED) is 0.545. The summed E-state index contributed by atoms with van der Waals surface area (Å²) in [6.45, 7) is 4.20. The van der Waals surface area contributed by atoms with Gasteiger partial charge in [0.15, 0.2) is 0 Å². The molecule has 1 aliphatic heterocycles. The topological polar surface area (TPSA) is 70.6 Å². The average Bonchev–Trinajstić information content (AvgIpc) is 2.25. The number of aliphatic hydroxyl groups excluding tert-OH is 1. The van der Waals surface area contributed by atoms with Crippen molar-refractivity contribution in [3.63, 3.8) is 0 Å². The van der Waals surface area contributed by atoms with Gasteiger partial charge in [-0.1, -0.05) is 0 Å². The highest BCUT2D eigenvalue weighted by Gasteiger charge is 2.15. The summed E-state index contributed by atoms with van der Waals surface area (Å²) in [5, 5.41) is 15.0. The van der Waals surface area contributed by atoms with E-state index in [0.29, 0.717) is 19.5 Å². The van der Waals surface area contributed by atoms with Crippen LogP contribution in [0.25, 0.3) is 0 Å². The van der Waals surface area contributed by atoms with Crippen LogP contribution in [0.15, 0.2) is 0 Å². The molecule has 1 heterocycles. The fourth-order valence-corrected chi connectivity index (χ4v) is 1.63. The highest BCUT2D eigenvalue weighted by Crippen LogP contribution is 2.05. The summed E-state index contributed by atoms with van der Waals surface area (Å²) in [7, 11) is 0. The minimum Gasteiger partial charge on any atom is -0.393 e. The number of nitrogens with one attached hydrogen (secondary N) is 2. The molecule has 0 spiro atoms. The monoisotopic (exact) mass is 230 g/mol. The molecule has 5 nitrogen and oxygen atoms in total. The van der Waals surface area contributed by atoms with Crippen LogP contribution in [0.1, 0.15) is 26.2 Å². The Morgan fingerprint density at radius 3 is 2.81 bits per heavy atom. The SMILES string of the molecule is CC(O)CCNCC(=O)NC1CCOCC1. The Labute approximate surface area is 96.6 Å². The molecule has 1 amide bonds. The molecule has 0 aromatic rings. The third-order valence-corrected chi connectivity index (χ3v) is 2.61. The van der Waals surface area contributed by atoms with E-state index >= 15 is 0 Å². The van der Waals surface area contributed by atoms with Crippen molar-refractivity contribution in [3.8, 4) is 0 Å². The molecule has 3 N–H and O–H groups in total. The van der Waals surface area contributed by atoms with E-state index in [1.165, 1.54) is 0 Å². The molecule has 0 bridgehead atoms. The lowest BCUT2D eigenvalue weighted by atomic mass is 10.1. The van der Waals surface area contributed by atoms with Crippen molar-refractivity contribution in [2.24, 2.45) is 0 Å². The van der Waals surface area contributed by atoms with Gasteiger partial charge in [0.05, 0.1) is 12.6 Å². The molecular weight excluding hydrogens is 208 g/mol. The van der Waals surface area contributed by atoms with Gasteiger partial charge in [0.2, 0.25) is 5.91 Å². The van der Waals surface area contributed by atoms with Crippen molar-refractivity contribution in [2.45, 2.75) is 38.3 Å². The zero-order valence-electron chi connectivity index (χ0n) is 9.87. The molecule has 94 valence electrons. The van der Waals surface area contributed by atoms with Crippen LogP contribution in [0.2, 0.25) is 0 Å². The Bertz CT molecular complexity index is 203. The van der Waals surface area contributed by atoms with Gasteiger partial charge < -0.3 is 20.5 Å². The van der Waals surface area contributed by atoms with Gasteiger partial charge in [-0.15, -0.1) is 0 Å². The second-order valence-corrected chi connectivity index (χ2v) is 4.27. The van der Waals surface area contributed by atoms with Crippen LogP contribution in [0.3, 0.4) is 0 Å². The fraction of sp³-hybridized carbons (Fsp3) is 0.909. The maximum atomic E-state index is 11.5. The van der Waals surface area contributed by atoms with E-state index in [2.05, 4.69) is 10.6 Å². The van der Waals surface area contributed by atoms with Crippen molar-refractivity contribution in [2.75, 3.05) is 26.3 Å². The molecule has 0 radical (unpaired) electrons. The van der Waals surface area contributed by atoms with Crippen molar-refractivity contribution in [1.29, 1.82) is 0 Å². The van der Waals surface area contributed by atoms with Gasteiger partial charge in [-0.05, 0) is 32.7 Å². The van der Waals surface area contributed by atoms with Crippen LogP contribution < -0.4 is 10.6 Å². The zero-order chi connectivity index (χ0) is 11.8. The molecule has 0 aromatic carbocycles. The van der Waals surface area contributed by atoms with Gasteiger partial charge in [-0.3, -0.25) is 4.79 Å². The first kappa shape index (κ1) is 13.4. The van der Waals surface area contributed by atoms with E-state index in [-0.39, 0.29) is 18.1 Å². The number of amides is 1. The molecule has 1 saturated heterocycles. The van der Waals surface area contributed by atoms with Crippen molar-refractivity contribution < 1.29 is 14.6 Å². The summed E-state index contributed by atoms with van der Waals surface area (Å²) in [6, 6.07) is 0.264. The minimum atomic E-state index is -0.314. The Balaban J connectivity index is 2.01. The fourth-order valence-electron chi connectivity index (χ4n) is 1.63. The standard InChI is InChI=1S/C11H22N2O3/c1-9(14)2-5-12-8-11(15)13-10-3-6-16-7-4-10/h9-10,12,14H,2-8H2,1H3,(H,13,15). The van der Waals surface area contributed by atoms with E-state index in [1.54, 1.807) is 6.92 Å². The Hall–Kier alpha value is -0.650. The third kappa shape index (κ3) is 6.05. The van der Waals surface area contributed by atoms with Crippen LogP contribution in [-0.2, 0) is 9.53 Å². The Morgan fingerprint density at radius 2 is 2.19 bits per heavy atom. The van der Waals surface area contributed by atoms with E-state index in [9.17, 15) is 4.79 Å². The second kappa shape index (κ2) is 7.60. The first-order chi connectivity index (χ1) is 7.68. The maximum Gasteiger partial charge on any atom is 0.234 e. The molecule has 1 fully saturated rings. The van der Waals surface area contributed by atoms with Crippen LogP contribution in [0.4, 0.5) is 0 Å². The second-order valence-electron chi connectivity index (χ2n) is 4.27. The summed E-state index contributed by atoms with van der Waals surface area (Å²) >= 11 is 0. The highest BCUT2D eigenvalue weighted by molar-refractivity contribution is 5.78. The smallest absolute Gasteiger partial charge is 0.234 e. The van der Waals surface area contributed by atoms with E-state index in [4.69, 9.17) is 9.84 Å². The molecule has 1 atom stereocenters. The molecular formula is C11H22N2O3. The lowest BCUT2D eigenvalue weighted by Gasteiger charge is -2.23. The highest BCUT2D eigenvalue weighted by atomic mass is 16.5. The molecule has 1 unspecified atom stereocenters. The largest absolute Gasteiger partial charge is 0.393 e. The predicted molar refractivity (Wildman–Crippen MR) is 61.2 cm³/mol. The number of hydrogen-bond donors (Lipinski definition) is 3. The lowest BCUT2D eigenvalue weighted by Crippen LogP contribution is -2.43. The van der Waals surface area contributed by atoms with Crippen molar-refractivity contribution >= 4 is 5.91 Å². The van der Waals surface area contributed by atoms with Gasteiger partial charge >= 0.3 is 0 Å². The molecule has 5 heteroatoms. The van der Waals surface area contributed by atoms with E-state index in [0.717, 1.165) is 26.1 Å². The average molecular weight is 230 g/mol. The van der Waals surface area contributed by atoms with Gasteiger partial charge in [-0.2, -0.15) is 0 Å². The summed E-state index contributed by atoms with van der Waals surface area (Å²) < 4.78 is 5.21. The maximum absolute atomic E-state index is 11.5. The number of aliphatic hydroxyl groups is 1. The van der Waals surface area contributed by atoms with Crippen LogP contribution in [-0.4, -0.2) is 49.5 Å². The minimum absolute atomic E-state index is 0.0255. The Morgan fingerprint density at radius 1 is 1.50 bits per heavy atom. The van der Waals surface area contributed by atoms with Gasteiger partial charge in [0.1, 0.15) is 0 Å². The van der Waals surface area contributed by atoms with Crippen LogP contribution in [0.5, 0.6) is 0 Å². The van der Waals surface area contributed by atoms with Gasteiger partial charge in [0.25, 0.3) is 0 Å². The first-order valence-corrected chi connectivity index (χ1v) is 5.94. The number of hydrogen-bond acceptors (Lipinski definition) is 4. The molecule has 16 heavy (non-hydrogen) atoms.